The third-order valence-electron chi connectivity index (χ3n) is 0.817. The average molecular weight is 207 g/mol. The lowest BCUT2D eigenvalue weighted by molar-refractivity contribution is -0.134. The van der Waals surface area contributed by atoms with Gasteiger partial charge in [0.1, 0.15) is 0 Å². The molecule has 0 rings (SSSR count). The van der Waals surface area contributed by atoms with Gasteiger partial charge in [0.05, 0.1) is 7.11 Å². The summed E-state index contributed by atoms with van der Waals surface area (Å²) in [5.74, 6) is -0.326. The van der Waals surface area contributed by atoms with Crippen LogP contribution in [0.25, 0.3) is 0 Å². The highest BCUT2D eigenvalue weighted by atomic mass is 79.9. The van der Waals surface area contributed by atoms with Gasteiger partial charge in [-0.05, 0) is 13.8 Å². The van der Waals surface area contributed by atoms with Crippen molar-refractivity contribution < 1.29 is 9.53 Å². The molecule has 2 nitrogen and oxygen atoms in total. The van der Waals surface area contributed by atoms with Crippen molar-refractivity contribution in [1.82, 2.24) is 0 Å². The normalized spacial score (nSPS) is 12.0. The van der Waals surface area contributed by atoms with Crippen LogP contribution in [0, 0.1) is 0 Å². The first kappa shape index (κ1) is 9.69. The number of methoxy groups -OCH3 is 1. The predicted molar refractivity (Wildman–Crippen MR) is 44.2 cm³/mol. The Bertz CT molecular complexity index is 144. The number of hydrogen-bond acceptors (Lipinski definition) is 2. The third-order valence-corrected chi connectivity index (χ3v) is 1.08. The van der Waals surface area contributed by atoms with Crippen molar-refractivity contribution in [1.29, 1.82) is 0 Å². The highest BCUT2D eigenvalue weighted by Crippen LogP contribution is 2.16. The van der Waals surface area contributed by atoms with Crippen LogP contribution in [-0.4, -0.2) is 17.4 Å². The van der Waals surface area contributed by atoms with Gasteiger partial charge in [0.25, 0.3) is 0 Å². The first-order valence-corrected chi connectivity index (χ1v) is 3.71. The van der Waals surface area contributed by atoms with Crippen LogP contribution in [0.3, 0.4) is 0 Å². The lowest BCUT2D eigenvalue weighted by Gasteiger charge is -2.07. The van der Waals surface area contributed by atoms with E-state index in [-0.39, 0.29) is 10.3 Å². The molecule has 0 saturated heterocycles. The smallest absolute Gasteiger partial charge is 0.330 e. The van der Waals surface area contributed by atoms with Gasteiger partial charge in [0, 0.05) is 10.4 Å². The number of hydrogen-bond donors (Lipinski definition) is 0. The molecule has 0 amide bonds. The Kier molecular flexibility index (Phi) is 3.64. The molecule has 0 saturated carbocycles. The zero-order valence-electron chi connectivity index (χ0n) is 6.35. The Morgan fingerprint density at radius 2 is 2.10 bits per heavy atom. The van der Waals surface area contributed by atoms with Gasteiger partial charge in [-0.3, -0.25) is 0 Å². The predicted octanol–water partition coefficient (Wildman–Crippen LogP) is 1.89. The number of allylic oxidation sites excluding steroid dienone is 1. The van der Waals surface area contributed by atoms with E-state index in [2.05, 4.69) is 20.7 Å². The van der Waals surface area contributed by atoms with Gasteiger partial charge in [-0.15, -0.1) is 0 Å². The van der Waals surface area contributed by atoms with E-state index in [9.17, 15) is 4.79 Å². The van der Waals surface area contributed by atoms with E-state index in [1.165, 1.54) is 13.2 Å². The largest absolute Gasteiger partial charge is 0.466 e. The van der Waals surface area contributed by atoms with Crippen LogP contribution in [0.2, 0.25) is 0 Å². The van der Waals surface area contributed by atoms with Crippen molar-refractivity contribution in [2.75, 3.05) is 7.11 Å². The summed E-state index contributed by atoms with van der Waals surface area (Å²) in [7, 11) is 1.36. The maximum Gasteiger partial charge on any atom is 0.330 e. The van der Waals surface area contributed by atoms with E-state index in [1.54, 1.807) is 6.08 Å². The molecule has 0 aromatic carbocycles. The summed E-state index contributed by atoms with van der Waals surface area (Å²) in [4.78, 5) is 10.5. The van der Waals surface area contributed by atoms with Gasteiger partial charge in [0.15, 0.2) is 0 Å². The number of alkyl halides is 1. The van der Waals surface area contributed by atoms with Crippen LogP contribution < -0.4 is 0 Å². The summed E-state index contributed by atoms with van der Waals surface area (Å²) in [5.41, 5.74) is 0. The van der Waals surface area contributed by atoms with E-state index < -0.39 is 0 Å². The molecule has 0 aromatic rings. The Hall–Kier alpha value is -0.310. The second-order valence-electron chi connectivity index (χ2n) is 2.42. The number of ether oxygens (including phenoxy) is 1. The molecule has 0 spiro atoms. The van der Waals surface area contributed by atoms with Gasteiger partial charge < -0.3 is 4.74 Å². The van der Waals surface area contributed by atoms with Crippen LogP contribution in [0.4, 0.5) is 0 Å². The summed E-state index contributed by atoms with van der Waals surface area (Å²) in [6.45, 7) is 3.87. The van der Waals surface area contributed by atoms with Crippen molar-refractivity contribution in [2.24, 2.45) is 0 Å². The van der Waals surface area contributed by atoms with Gasteiger partial charge in [-0.1, -0.05) is 22.0 Å². The van der Waals surface area contributed by atoms with Crippen molar-refractivity contribution in [3.05, 3.63) is 12.2 Å². The minimum atomic E-state index is -0.326. The van der Waals surface area contributed by atoms with Crippen molar-refractivity contribution >= 4 is 21.9 Å². The van der Waals surface area contributed by atoms with E-state index in [0.717, 1.165) is 0 Å². The number of halogens is 1. The number of carbonyl (C=O) groups is 1. The van der Waals surface area contributed by atoms with Crippen LogP contribution in [0.5, 0.6) is 0 Å². The maximum absolute atomic E-state index is 10.5. The SMILES string of the molecule is COC(=O)C=CC(C)(C)Br. The Morgan fingerprint density at radius 1 is 1.60 bits per heavy atom. The number of rotatable bonds is 2. The molecule has 0 heterocycles. The van der Waals surface area contributed by atoms with Gasteiger partial charge in [-0.25, -0.2) is 4.79 Å². The first-order chi connectivity index (χ1) is 4.45. The molecule has 0 aromatic heterocycles. The van der Waals surface area contributed by atoms with Crippen molar-refractivity contribution in [3.63, 3.8) is 0 Å². The summed E-state index contributed by atoms with van der Waals surface area (Å²) in [5, 5.41) is 0. The van der Waals surface area contributed by atoms with Crippen LogP contribution in [0.1, 0.15) is 13.8 Å². The molecule has 0 N–H and O–H groups in total. The molecule has 10 heavy (non-hydrogen) atoms. The standard InChI is InChI=1S/C7H11BrO2/c1-7(2,8)5-4-6(9)10-3/h4-5H,1-3H3. The third kappa shape index (κ3) is 5.82. The molecule has 0 bridgehead atoms. The lowest BCUT2D eigenvalue weighted by atomic mass is 10.2. The molecular weight excluding hydrogens is 196 g/mol. The van der Waals surface area contributed by atoms with Crippen LogP contribution in [0.15, 0.2) is 12.2 Å². The minimum Gasteiger partial charge on any atom is -0.466 e. The monoisotopic (exact) mass is 206 g/mol. The summed E-state index contributed by atoms with van der Waals surface area (Å²) < 4.78 is 4.26. The average Bonchev–Trinajstić information content (AvgIpc) is 1.81. The summed E-state index contributed by atoms with van der Waals surface area (Å²) in [6, 6.07) is 0. The van der Waals surface area contributed by atoms with Gasteiger partial charge >= 0.3 is 5.97 Å². The minimum absolute atomic E-state index is 0.138. The molecule has 0 radical (unpaired) electrons. The highest BCUT2D eigenvalue weighted by molar-refractivity contribution is 9.10. The Morgan fingerprint density at radius 3 is 2.40 bits per heavy atom. The van der Waals surface area contributed by atoms with E-state index in [1.807, 2.05) is 13.8 Å². The fourth-order valence-corrected chi connectivity index (χ4v) is 0.466. The molecule has 0 atom stereocenters. The topological polar surface area (TPSA) is 26.3 Å². The molecule has 58 valence electrons. The Balaban J connectivity index is 3.88. The maximum atomic E-state index is 10.5. The van der Waals surface area contributed by atoms with Crippen LogP contribution in [-0.2, 0) is 9.53 Å². The summed E-state index contributed by atoms with van der Waals surface area (Å²) in [6.07, 6.45) is 3.13. The van der Waals surface area contributed by atoms with E-state index in [0.29, 0.717) is 0 Å². The molecule has 0 aliphatic heterocycles. The molecular formula is C7H11BrO2. The molecule has 0 aliphatic rings. The molecule has 0 unspecified atom stereocenters. The van der Waals surface area contributed by atoms with E-state index >= 15 is 0 Å². The molecule has 3 heteroatoms. The molecule has 0 fully saturated rings. The first-order valence-electron chi connectivity index (χ1n) is 2.92. The molecule has 0 aliphatic carbocycles. The lowest BCUT2D eigenvalue weighted by Crippen LogP contribution is -2.05. The number of esters is 1. The second-order valence-corrected chi connectivity index (χ2v) is 4.46. The van der Waals surface area contributed by atoms with Gasteiger partial charge in [0.2, 0.25) is 0 Å². The second kappa shape index (κ2) is 3.76. The fourth-order valence-electron chi connectivity index (χ4n) is 0.334. The van der Waals surface area contributed by atoms with Crippen LogP contribution >= 0.6 is 15.9 Å². The van der Waals surface area contributed by atoms with Gasteiger partial charge in [-0.2, -0.15) is 0 Å². The number of carbonyl (C=O) groups excluding carboxylic acids is 1. The highest BCUT2D eigenvalue weighted by Gasteiger charge is 2.07. The summed E-state index contributed by atoms with van der Waals surface area (Å²) >= 11 is 3.34. The zero-order valence-corrected chi connectivity index (χ0v) is 7.94. The quantitative estimate of drug-likeness (QED) is 0.392. The van der Waals surface area contributed by atoms with Crippen molar-refractivity contribution in [2.45, 2.75) is 18.2 Å². The van der Waals surface area contributed by atoms with Crippen molar-refractivity contribution in [3.8, 4) is 0 Å². The zero-order chi connectivity index (χ0) is 8.20. The van der Waals surface area contributed by atoms with E-state index in [4.69, 9.17) is 0 Å². The Labute approximate surface area is 69.4 Å². The fraction of sp³-hybridized carbons (Fsp3) is 0.571.